The van der Waals surface area contributed by atoms with Gasteiger partial charge in [0.25, 0.3) is 0 Å². The number of carbonyl (C=O) groups is 1. The van der Waals surface area contributed by atoms with Gasteiger partial charge < -0.3 is 0 Å². The van der Waals surface area contributed by atoms with Crippen LogP contribution < -0.4 is 5.73 Å². The summed E-state index contributed by atoms with van der Waals surface area (Å²) in [5.41, 5.74) is 4.32. The average molecular weight is 136 g/mol. The van der Waals surface area contributed by atoms with Crippen molar-refractivity contribution in [1.29, 1.82) is 0 Å². The molecule has 0 aromatic carbocycles. The van der Waals surface area contributed by atoms with Crippen LogP contribution in [0.4, 0.5) is 0 Å². The van der Waals surface area contributed by atoms with Gasteiger partial charge in [-0.1, -0.05) is 12.2 Å². The molecule has 0 aliphatic carbocycles. The second kappa shape index (κ2) is 2.58. The Kier molecular flexibility index (Phi) is 1.78. The molecule has 1 aliphatic rings. The normalized spacial score (nSPS) is 30.1. The maximum Gasteiger partial charge on any atom is 0.183 e. The monoisotopic (exact) mass is 136 g/mol. The van der Waals surface area contributed by atoms with Crippen molar-refractivity contribution < 1.29 is 4.79 Å². The summed E-state index contributed by atoms with van der Waals surface area (Å²) in [7, 11) is 0. The Hall–Kier alpha value is -1.22. The number of rotatable bonds is 1. The number of nitrogens with zero attached hydrogens (tertiary/aromatic N) is 1. The summed E-state index contributed by atoms with van der Waals surface area (Å²) in [6.07, 6.45) is 8.83. The molecule has 0 unspecified atom stereocenters. The first-order valence-electron chi connectivity index (χ1n) is 2.92. The number of aliphatic imine (C=N–C) groups is 1. The standard InChI is InChI=1S/C7H8N2O/c8-7(6-10)4-2-1-3-5-9-7/h1-6H,8H2/t7-/m0/s1. The Labute approximate surface area is 58.9 Å². The summed E-state index contributed by atoms with van der Waals surface area (Å²) in [5.74, 6) is 0. The molecule has 52 valence electrons. The summed E-state index contributed by atoms with van der Waals surface area (Å²) in [4.78, 5) is 14.1. The molecule has 1 atom stereocenters. The first kappa shape index (κ1) is 6.89. The van der Waals surface area contributed by atoms with Crippen molar-refractivity contribution in [3.63, 3.8) is 0 Å². The van der Waals surface area contributed by atoms with Crippen LogP contribution in [0.5, 0.6) is 0 Å². The van der Waals surface area contributed by atoms with Gasteiger partial charge in [0.2, 0.25) is 0 Å². The van der Waals surface area contributed by atoms with E-state index >= 15 is 0 Å². The minimum absolute atomic E-state index is 0.604. The quantitative estimate of drug-likeness (QED) is 0.517. The first-order valence-corrected chi connectivity index (χ1v) is 2.92. The highest BCUT2D eigenvalue weighted by atomic mass is 16.1. The van der Waals surface area contributed by atoms with Gasteiger partial charge in [-0.15, -0.1) is 0 Å². The van der Waals surface area contributed by atoms with Gasteiger partial charge in [-0.25, -0.2) is 0 Å². The van der Waals surface area contributed by atoms with Crippen LogP contribution in [-0.4, -0.2) is 18.2 Å². The molecular formula is C7H8N2O. The molecule has 0 amide bonds. The van der Waals surface area contributed by atoms with Crippen LogP contribution in [-0.2, 0) is 4.79 Å². The minimum Gasteiger partial charge on any atom is -0.299 e. The van der Waals surface area contributed by atoms with Crippen molar-refractivity contribution >= 4 is 12.5 Å². The van der Waals surface area contributed by atoms with Gasteiger partial charge in [0.1, 0.15) is 0 Å². The highest BCUT2D eigenvalue weighted by Gasteiger charge is 2.16. The minimum atomic E-state index is -1.15. The predicted molar refractivity (Wildman–Crippen MR) is 39.8 cm³/mol. The van der Waals surface area contributed by atoms with Crippen LogP contribution in [0.2, 0.25) is 0 Å². The smallest absolute Gasteiger partial charge is 0.183 e. The molecule has 2 N–H and O–H groups in total. The number of hydrogen-bond donors (Lipinski definition) is 1. The molecule has 1 aliphatic heterocycles. The van der Waals surface area contributed by atoms with Crippen molar-refractivity contribution in [2.45, 2.75) is 5.66 Å². The Morgan fingerprint density at radius 1 is 1.40 bits per heavy atom. The van der Waals surface area contributed by atoms with Crippen molar-refractivity contribution in [2.75, 3.05) is 0 Å². The van der Waals surface area contributed by atoms with E-state index in [1.165, 1.54) is 6.21 Å². The van der Waals surface area contributed by atoms with Crippen LogP contribution >= 0.6 is 0 Å². The third kappa shape index (κ3) is 1.39. The van der Waals surface area contributed by atoms with E-state index in [1.54, 1.807) is 24.3 Å². The zero-order valence-corrected chi connectivity index (χ0v) is 5.40. The van der Waals surface area contributed by atoms with Crippen LogP contribution in [0, 0.1) is 0 Å². The Balaban J connectivity index is 2.90. The maximum atomic E-state index is 10.3. The number of hydrogen-bond acceptors (Lipinski definition) is 3. The zero-order chi connectivity index (χ0) is 7.45. The molecule has 3 heteroatoms. The van der Waals surface area contributed by atoms with Gasteiger partial charge in [-0.2, -0.15) is 0 Å². The van der Waals surface area contributed by atoms with Gasteiger partial charge in [0.15, 0.2) is 11.9 Å². The lowest BCUT2D eigenvalue weighted by Gasteiger charge is -2.09. The lowest BCUT2D eigenvalue weighted by Crippen LogP contribution is -2.36. The van der Waals surface area contributed by atoms with Gasteiger partial charge in [0.05, 0.1) is 0 Å². The number of nitrogens with two attached hydrogens (primary N) is 1. The molecule has 10 heavy (non-hydrogen) atoms. The van der Waals surface area contributed by atoms with E-state index < -0.39 is 5.66 Å². The molecule has 0 fully saturated rings. The largest absolute Gasteiger partial charge is 0.299 e. The summed E-state index contributed by atoms with van der Waals surface area (Å²) >= 11 is 0. The Morgan fingerprint density at radius 3 is 2.90 bits per heavy atom. The maximum absolute atomic E-state index is 10.3. The van der Waals surface area contributed by atoms with E-state index in [2.05, 4.69) is 4.99 Å². The molecule has 0 spiro atoms. The van der Waals surface area contributed by atoms with Gasteiger partial charge in [0, 0.05) is 6.21 Å². The van der Waals surface area contributed by atoms with Crippen molar-refractivity contribution in [1.82, 2.24) is 0 Å². The number of aldehydes is 1. The lowest BCUT2D eigenvalue weighted by molar-refractivity contribution is -0.110. The summed E-state index contributed by atoms with van der Waals surface area (Å²) in [5, 5.41) is 0. The topological polar surface area (TPSA) is 55.5 Å². The molecule has 0 bridgehead atoms. The van der Waals surface area contributed by atoms with Crippen molar-refractivity contribution in [3.8, 4) is 0 Å². The van der Waals surface area contributed by atoms with Crippen molar-refractivity contribution in [3.05, 3.63) is 24.3 Å². The Morgan fingerprint density at radius 2 is 2.20 bits per heavy atom. The summed E-state index contributed by atoms with van der Waals surface area (Å²) in [6.45, 7) is 0. The highest BCUT2D eigenvalue weighted by Crippen LogP contribution is 2.02. The molecule has 0 aromatic heterocycles. The van der Waals surface area contributed by atoms with Gasteiger partial charge >= 0.3 is 0 Å². The first-order chi connectivity index (χ1) is 4.77. The average Bonchev–Trinajstić information content (AvgIpc) is 2.15. The lowest BCUT2D eigenvalue weighted by atomic mass is 10.2. The van der Waals surface area contributed by atoms with E-state index in [4.69, 9.17) is 5.73 Å². The number of allylic oxidation sites excluding steroid dienone is 3. The van der Waals surface area contributed by atoms with Gasteiger partial charge in [-0.05, 0) is 12.2 Å². The third-order valence-electron chi connectivity index (χ3n) is 1.16. The van der Waals surface area contributed by atoms with E-state index in [1.807, 2.05) is 0 Å². The van der Waals surface area contributed by atoms with E-state index in [-0.39, 0.29) is 0 Å². The molecule has 0 saturated carbocycles. The van der Waals surface area contributed by atoms with Crippen LogP contribution in [0.3, 0.4) is 0 Å². The molecule has 3 nitrogen and oxygen atoms in total. The van der Waals surface area contributed by atoms with Crippen molar-refractivity contribution in [2.24, 2.45) is 10.7 Å². The highest BCUT2D eigenvalue weighted by molar-refractivity contribution is 5.78. The molecule has 1 rings (SSSR count). The molecule has 1 heterocycles. The van der Waals surface area contributed by atoms with E-state index in [0.29, 0.717) is 6.29 Å². The fraction of sp³-hybridized carbons (Fsp3) is 0.143. The second-order valence-electron chi connectivity index (χ2n) is 2.03. The fourth-order valence-electron chi connectivity index (χ4n) is 0.608. The predicted octanol–water partition coefficient (Wildman–Crippen LogP) is 0.0371. The van der Waals surface area contributed by atoms with Crippen LogP contribution in [0.25, 0.3) is 0 Å². The van der Waals surface area contributed by atoms with Crippen LogP contribution in [0.15, 0.2) is 29.3 Å². The summed E-state index contributed by atoms with van der Waals surface area (Å²) < 4.78 is 0. The number of carbonyl (C=O) groups excluding carboxylic acids is 1. The van der Waals surface area contributed by atoms with Crippen LogP contribution in [0.1, 0.15) is 0 Å². The second-order valence-corrected chi connectivity index (χ2v) is 2.03. The molecule has 0 saturated heterocycles. The van der Waals surface area contributed by atoms with E-state index in [9.17, 15) is 4.79 Å². The fourth-order valence-corrected chi connectivity index (χ4v) is 0.608. The summed E-state index contributed by atoms with van der Waals surface area (Å²) in [6, 6.07) is 0. The SMILES string of the molecule is N[C@@]1(C=O)C=CC=CC=N1. The van der Waals surface area contributed by atoms with Gasteiger partial charge in [-0.3, -0.25) is 15.5 Å². The Bertz CT molecular complexity index is 200. The molecular weight excluding hydrogens is 128 g/mol. The zero-order valence-electron chi connectivity index (χ0n) is 5.40. The third-order valence-corrected chi connectivity index (χ3v) is 1.16. The van der Waals surface area contributed by atoms with E-state index in [0.717, 1.165) is 0 Å². The molecule has 0 radical (unpaired) electrons. The molecule has 0 aromatic rings.